The highest BCUT2D eigenvalue weighted by Gasteiger charge is 2.29. The van der Waals surface area contributed by atoms with Crippen LogP contribution in [0.1, 0.15) is 19.3 Å². The number of rotatable bonds is 7. The van der Waals surface area contributed by atoms with Crippen LogP contribution in [0.4, 0.5) is 22.1 Å². The smallest absolute Gasteiger partial charge is 0.319 e. The third kappa shape index (κ3) is 5.93. The van der Waals surface area contributed by atoms with Crippen molar-refractivity contribution in [3.05, 3.63) is 42.7 Å². The lowest BCUT2D eigenvalue weighted by atomic mass is 10.2. The molecule has 10 nitrogen and oxygen atoms in total. The highest BCUT2D eigenvalue weighted by molar-refractivity contribution is 5.95. The zero-order valence-corrected chi connectivity index (χ0v) is 17.8. The Morgan fingerprint density at radius 2 is 1.62 bits per heavy atom. The minimum absolute atomic E-state index is 0.00344. The number of amides is 4. The molecule has 1 aliphatic carbocycles. The summed E-state index contributed by atoms with van der Waals surface area (Å²) in [6.45, 7) is 2.80. The molecule has 1 saturated heterocycles. The summed E-state index contributed by atoms with van der Waals surface area (Å²) in [5, 5.41) is 8.29. The van der Waals surface area contributed by atoms with E-state index in [0.29, 0.717) is 43.5 Å². The first-order chi connectivity index (χ1) is 15.6. The summed E-state index contributed by atoms with van der Waals surface area (Å²) >= 11 is 0. The van der Waals surface area contributed by atoms with Gasteiger partial charge in [-0.3, -0.25) is 9.59 Å². The molecule has 2 aromatic rings. The van der Waals surface area contributed by atoms with Crippen LogP contribution in [0.25, 0.3) is 0 Å². The van der Waals surface area contributed by atoms with Crippen molar-refractivity contribution in [3.63, 3.8) is 0 Å². The number of nitrogens with one attached hydrogen (secondary N) is 3. The first-order valence-corrected chi connectivity index (χ1v) is 10.8. The molecule has 0 atom stereocenters. The number of hydrogen-bond donors (Lipinski definition) is 3. The van der Waals surface area contributed by atoms with Gasteiger partial charge in [-0.25, -0.2) is 14.8 Å². The molecule has 0 radical (unpaired) electrons. The van der Waals surface area contributed by atoms with Gasteiger partial charge in [0, 0.05) is 68.8 Å². The van der Waals surface area contributed by atoms with Gasteiger partial charge in [0.2, 0.25) is 17.8 Å². The summed E-state index contributed by atoms with van der Waals surface area (Å²) in [7, 11) is 0. The molecule has 168 valence electrons. The Morgan fingerprint density at radius 3 is 2.31 bits per heavy atom. The maximum atomic E-state index is 12.5. The molecular formula is C22H27N7O3. The van der Waals surface area contributed by atoms with E-state index in [9.17, 15) is 14.4 Å². The molecule has 3 N–H and O–H groups in total. The number of piperazine rings is 1. The van der Waals surface area contributed by atoms with Crippen LogP contribution in [0.5, 0.6) is 0 Å². The van der Waals surface area contributed by atoms with E-state index < -0.39 is 6.03 Å². The molecule has 1 saturated carbocycles. The lowest BCUT2D eigenvalue weighted by molar-refractivity contribution is -0.131. The number of anilines is 3. The van der Waals surface area contributed by atoms with E-state index in [0.717, 1.165) is 12.8 Å². The number of benzene rings is 1. The van der Waals surface area contributed by atoms with Crippen LogP contribution in [0.15, 0.2) is 42.7 Å². The molecule has 4 amide bonds. The van der Waals surface area contributed by atoms with Crippen LogP contribution >= 0.6 is 0 Å². The minimum atomic E-state index is -0.394. The molecule has 2 aliphatic rings. The number of carbonyl (C=O) groups excluding carboxylic acids is 3. The number of nitrogens with zero attached hydrogens (tertiary/aromatic N) is 4. The van der Waals surface area contributed by atoms with Crippen LogP contribution in [0, 0.1) is 5.92 Å². The van der Waals surface area contributed by atoms with Gasteiger partial charge in [0.25, 0.3) is 0 Å². The zero-order valence-electron chi connectivity index (χ0n) is 17.8. The van der Waals surface area contributed by atoms with Crippen LogP contribution in [-0.2, 0) is 9.59 Å². The van der Waals surface area contributed by atoms with Crippen molar-refractivity contribution in [2.45, 2.75) is 19.3 Å². The van der Waals surface area contributed by atoms with Gasteiger partial charge < -0.3 is 25.8 Å². The van der Waals surface area contributed by atoms with Gasteiger partial charge in [-0.2, -0.15) is 0 Å². The summed E-state index contributed by atoms with van der Waals surface area (Å²) < 4.78 is 0. The predicted octanol–water partition coefficient (Wildman–Crippen LogP) is 1.69. The number of carbonyl (C=O) groups is 3. The van der Waals surface area contributed by atoms with Crippen LogP contribution in [0.2, 0.25) is 0 Å². The Labute approximate surface area is 186 Å². The fraction of sp³-hybridized carbons (Fsp3) is 0.409. The fourth-order valence-corrected chi connectivity index (χ4v) is 3.49. The average Bonchev–Trinajstić information content (AvgIpc) is 3.66. The van der Waals surface area contributed by atoms with Gasteiger partial charge in [-0.15, -0.1) is 0 Å². The molecule has 32 heavy (non-hydrogen) atoms. The molecule has 1 aromatic carbocycles. The Bertz CT molecular complexity index is 957. The highest BCUT2D eigenvalue weighted by atomic mass is 16.2. The second-order valence-electron chi connectivity index (χ2n) is 7.89. The molecule has 10 heteroatoms. The molecule has 1 aromatic heterocycles. The van der Waals surface area contributed by atoms with Gasteiger partial charge in [0.15, 0.2) is 0 Å². The van der Waals surface area contributed by atoms with Gasteiger partial charge in [0.1, 0.15) is 0 Å². The number of hydrogen-bond acceptors (Lipinski definition) is 6. The lowest BCUT2D eigenvalue weighted by Crippen LogP contribution is -2.49. The minimum Gasteiger partial charge on any atom is -0.339 e. The second-order valence-corrected chi connectivity index (χ2v) is 7.89. The molecule has 0 unspecified atom stereocenters. The summed E-state index contributed by atoms with van der Waals surface area (Å²) in [6.07, 6.45) is 5.50. The van der Waals surface area contributed by atoms with E-state index in [4.69, 9.17) is 0 Å². The highest BCUT2D eigenvalue weighted by Crippen LogP contribution is 2.30. The summed E-state index contributed by atoms with van der Waals surface area (Å²) in [6, 6.07) is 8.38. The maximum Gasteiger partial charge on any atom is 0.319 e. The number of urea groups is 1. The molecule has 4 rings (SSSR count). The molecule has 0 bridgehead atoms. The van der Waals surface area contributed by atoms with E-state index in [2.05, 4.69) is 30.8 Å². The Hall–Kier alpha value is -3.69. The van der Waals surface area contributed by atoms with Gasteiger partial charge >= 0.3 is 6.03 Å². The van der Waals surface area contributed by atoms with E-state index >= 15 is 0 Å². The molecular weight excluding hydrogens is 410 g/mol. The van der Waals surface area contributed by atoms with Crippen molar-refractivity contribution in [1.82, 2.24) is 20.2 Å². The summed E-state index contributed by atoms with van der Waals surface area (Å²) in [5.74, 6) is 0.808. The largest absolute Gasteiger partial charge is 0.339 e. The van der Waals surface area contributed by atoms with Crippen LogP contribution in [0.3, 0.4) is 0 Å². The summed E-state index contributed by atoms with van der Waals surface area (Å²) in [4.78, 5) is 48.8. The quantitative estimate of drug-likeness (QED) is 0.606. The average molecular weight is 438 g/mol. The van der Waals surface area contributed by atoms with Crippen LogP contribution < -0.4 is 20.9 Å². The first-order valence-electron chi connectivity index (χ1n) is 10.8. The van der Waals surface area contributed by atoms with E-state index in [-0.39, 0.29) is 30.7 Å². The van der Waals surface area contributed by atoms with Crippen molar-refractivity contribution in [2.75, 3.05) is 48.3 Å². The van der Waals surface area contributed by atoms with E-state index in [1.54, 1.807) is 47.6 Å². The van der Waals surface area contributed by atoms with Gasteiger partial charge in [-0.1, -0.05) is 6.07 Å². The zero-order chi connectivity index (χ0) is 22.3. The van der Waals surface area contributed by atoms with Crippen LogP contribution in [-0.4, -0.2) is 65.4 Å². The van der Waals surface area contributed by atoms with Crippen molar-refractivity contribution >= 4 is 35.2 Å². The SMILES string of the molecule is O=C(NCCC(=O)N1CCN(c2ncccn2)CC1)Nc1cccc(NC(=O)C2CC2)c1. The van der Waals surface area contributed by atoms with Gasteiger partial charge in [0.05, 0.1) is 0 Å². The van der Waals surface area contributed by atoms with E-state index in [1.807, 2.05) is 0 Å². The van der Waals surface area contributed by atoms with E-state index in [1.165, 1.54) is 0 Å². The van der Waals surface area contributed by atoms with Crippen molar-refractivity contribution in [3.8, 4) is 0 Å². The maximum absolute atomic E-state index is 12.5. The number of aromatic nitrogens is 2. The van der Waals surface area contributed by atoms with Gasteiger partial charge in [-0.05, 0) is 37.1 Å². The molecule has 1 aliphatic heterocycles. The third-order valence-corrected chi connectivity index (χ3v) is 5.43. The standard InChI is InChI=1S/C22H27N7O3/c30-19(28-11-13-29(14-12-28)21-23-8-2-9-24-21)7-10-25-22(32)27-18-4-1-3-17(15-18)26-20(31)16-5-6-16/h1-4,8-9,15-16H,5-7,10-14H2,(H,26,31)(H2,25,27,32). The topological polar surface area (TPSA) is 120 Å². The Balaban J connectivity index is 1.16. The fourth-order valence-electron chi connectivity index (χ4n) is 3.49. The Morgan fingerprint density at radius 1 is 0.938 bits per heavy atom. The normalized spacial score (nSPS) is 15.8. The Kier molecular flexibility index (Phi) is 6.78. The van der Waals surface area contributed by atoms with Crippen molar-refractivity contribution in [2.24, 2.45) is 5.92 Å². The predicted molar refractivity (Wildman–Crippen MR) is 120 cm³/mol. The molecule has 0 spiro atoms. The molecule has 2 fully saturated rings. The lowest BCUT2D eigenvalue weighted by Gasteiger charge is -2.34. The van der Waals surface area contributed by atoms with Crippen molar-refractivity contribution in [1.29, 1.82) is 0 Å². The van der Waals surface area contributed by atoms with Crippen molar-refractivity contribution < 1.29 is 14.4 Å². The summed E-state index contributed by atoms with van der Waals surface area (Å²) in [5.41, 5.74) is 1.22. The molecule has 2 heterocycles. The first kappa shape index (κ1) is 21.5. The third-order valence-electron chi connectivity index (χ3n) is 5.43. The monoisotopic (exact) mass is 437 g/mol. The second kappa shape index (κ2) is 10.1.